The van der Waals surface area contributed by atoms with E-state index in [1.54, 1.807) is 11.3 Å². The average Bonchev–Trinajstić information content (AvgIpc) is 3.04. The number of thiophene rings is 1. The number of aromatic nitrogens is 2. The summed E-state index contributed by atoms with van der Waals surface area (Å²) in [6, 6.07) is 9.26. The zero-order valence-electron chi connectivity index (χ0n) is 15.3. The molecule has 7 heteroatoms. The zero-order chi connectivity index (χ0) is 19.0. The van der Waals surface area contributed by atoms with Gasteiger partial charge in [0.2, 0.25) is 0 Å². The number of fused-ring (bicyclic) bond motifs is 3. The third-order valence-electron chi connectivity index (χ3n) is 5.02. The van der Waals surface area contributed by atoms with Crippen LogP contribution in [0.25, 0.3) is 10.2 Å². The summed E-state index contributed by atoms with van der Waals surface area (Å²) in [5, 5.41) is 1.50. The SMILES string of the molecule is CCC1(C)Cc2c(sc3nc(SCC(=O)c4ccccc4)nc(N)c23)CO1. The first kappa shape index (κ1) is 18.4. The molecule has 1 atom stereocenters. The van der Waals surface area contributed by atoms with Gasteiger partial charge in [0.05, 0.1) is 23.3 Å². The van der Waals surface area contributed by atoms with E-state index in [0.717, 1.165) is 23.1 Å². The number of ketones is 1. The smallest absolute Gasteiger partial charge is 0.191 e. The monoisotopic (exact) mass is 399 g/mol. The molecular formula is C20H21N3O2S2. The molecule has 1 aromatic carbocycles. The molecule has 2 aromatic heterocycles. The second kappa shape index (κ2) is 7.22. The van der Waals surface area contributed by atoms with Crippen molar-refractivity contribution in [3.05, 3.63) is 46.3 Å². The van der Waals surface area contributed by atoms with Crippen LogP contribution in [0.5, 0.6) is 0 Å². The summed E-state index contributed by atoms with van der Waals surface area (Å²) in [5.41, 5.74) is 8.04. The van der Waals surface area contributed by atoms with Crippen molar-refractivity contribution in [1.82, 2.24) is 9.97 Å². The Bertz CT molecular complexity index is 1000. The number of nitrogen functional groups attached to an aromatic ring is 1. The number of Topliss-reactive ketones (excluding diaryl/α,β-unsaturated/α-hetero) is 1. The first-order valence-electron chi connectivity index (χ1n) is 8.92. The maximum Gasteiger partial charge on any atom is 0.191 e. The Kier molecular flexibility index (Phi) is 4.92. The van der Waals surface area contributed by atoms with Crippen LogP contribution in [0.1, 0.15) is 41.1 Å². The standard InChI is InChI=1S/C20H21N3O2S2/c1-3-20(2)9-13-15(10-25-20)27-18-16(13)17(21)22-19(23-18)26-11-14(24)12-7-5-4-6-8-12/h4-8H,3,9-11H2,1-2H3,(H2,21,22,23). The molecule has 5 nitrogen and oxygen atoms in total. The summed E-state index contributed by atoms with van der Waals surface area (Å²) in [5.74, 6) is 0.838. The number of carbonyl (C=O) groups is 1. The minimum absolute atomic E-state index is 0.0560. The van der Waals surface area contributed by atoms with Crippen LogP contribution in [0.2, 0.25) is 0 Å². The molecule has 0 bridgehead atoms. The summed E-state index contributed by atoms with van der Waals surface area (Å²) in [4.78, 5) is 23.5. The minimum atomic E-state index is -0.164. The Balaban J connectivity index is 1.59. The fourth-order valence-electron chi connectivity index (χ4n) is 3.21. The zero-order valence-corrected chi connectivity index (χ0v) is 17.0. The van der Waals surface area contributed by atoms with Crippen LogP contribution in [-0.4, -0.2) is 27.1 Å². The van der Waals surface area contributed by atoms with E-state index in [2.05, 4.69) is 23.8 Å². The lowest BCUT2D eigenvalue weighted by Crippen LogP contribution is -2.33. The largest absolute Gasteiger partial charge is 0.383 e. The van der Waals surface area contributed by atoms with Crippen LogP contribution in [0.4, 0.5) is 5.82 Å². The van der Waals surface area contributed by atoms with Gasteiger partial charge in [0.1, 0.15) is 10.6 Å². The van der Waals surface area contributed by atoms with Gasteiger partial charge in [0, 0.05) is 16.9 Å². The molecular weight excluding hydrogens is 378 g/mol. The topological polar surface area (TPSA) is 78.1 Å². The van der Waals surface area contributed by atoms with Gasteiger partial charge in [-0.1, -0.05) is 49.0 Å². The number of ether oxygens (including phenoxy) is 1. The Labute approximate surface area is 166 Å². The van der Waals surface area contributed by atoms with E-state index in [9.17, 15) is 4.79 Å². The predicted molar refractivity (Wildman–Crippen MR) is 111 cm³/mol. The van der Waals surface area contributed by atoms with E-state index in [4.69, 9.17) is 10.5 Å². The van der Waals surface area contributed by atoms with E-state index in [1.807, 2.05) is 30.3 Å². The molecule has 3 heterocycles. The highest BCUT2D eigenvalue weighted by molar-refractivity contribution is 7.99. The molecule has 1 aliphatic heterocycles. The van der Waals surface area contributed by atoms with Gasteiger partial charge in [0.25, 0.3) is 0 Å². The number of thioether (sulfide) groups is 1. The van der Waals surface area contributed by atoms with E-state index < -0.39 is 0 Å². The number of anilines is 1. The number of nitrogens with two attached hydrogens (primary N) is 1. The number of hydrogen-bond acceptors (Lipinski definition) is 7. The number of carbonyl (C=O) groups excluding carboxylic acids is 1. The van der Waals surface area contributed by atoms with Gasteiger partial charge in [-0.2, -0.15) is 0 Å². The minimum Gasteiger partial charge on any atom is -0.383 e. The van der Waals surface area contributed by atoms with Gasteiger partial charge in [-0.05, 0) is 18.9 Å². The number of benzene rings is 1. The van der Waals surface area contributed by atoms with Gasteiger partial charge in [-0.3, -0.25) is 4.79 Å². The molecule has 0 saturated carbocycles. The summed E-state index contributed by atoms with van der Waals surface area (Å²) in [7, 11) is 0. The van der Waals surface area contributed by atoms with Crippen molar-refractivity contribution in [2.24, 2.45) is 0 Å². The highest BCUT2D eigenvalue weighted by Crippen LogP contribution is 2.41. The Hall–Kier alpha value is -1.96. The van der Waals surface area contributed by atoms with Gasteiger partial charge in [0.15, 0.2) is 10.9 Å². The fourth-order valence-corrected chi connectivity index (χ4v) is 5.12. The van der Waals surface area contributed by atoms with Gasteiger partial charge >= 0.3 is 0 Å². The Morgan fingerprint density at radius 3 is 2.85 bits per heavy atom. The molecule has 0 radical (unpaired) electrons. The lowest BCUT2D eigenvalue weighted by atomic mass is 9.90. The van der Waals surface area contributed by atoms with Crippen molar-refractivity contribution < 1.29 is 9.53 Å². The second-order valence-electron chi connectivity index (χ2n) is 6.92. The third-order valence-corrected chi connectivity index (χ3v) is 6.97. The molecule has 1 unspecified atom stereocenters. The quantitative estimate of drug-likeness (QED) is 0.387. The Morgan fingerprint density at radius 2 is 2.11 bits per heavy atom. The molecule has 2 N–H and O–H groups in total. The van der Waals surface area contributed by atoms with Crippen molar-refractivity contribution >= 4 is 44.9 Å². The maximum atomic E-state index is 12.3. The fraction of sp³-hybridized carbons (Fsp3) is 0.350. The van der Waals surface area contributed by atoms with E-state index in [-0.39, 0.29) is 17.1 Å². The molecule has 0 amide bonds. The lowest BCUT2D eigenvalue weighted by molar-refractivity contribution is -0.0542. The number of hydrogen-bond donors (Lipinski definition) is 1. The van der Waals surface area contributed by atoms with Crippen molar-refractivity contribution in [1.29, 1.82) is 0 Å². The molecule has 27 heavy (non-hydrogen) atoms. The first-order chi connectivity index (χ1) is 13.0. The van der Waals surface area contributed by atoms with Crippen molar-refractivity contribution in [3.8, 4) is 0 Å². The van der Waals surface area contributed by atoms with Crippen molar-refractivity contribution in [2.45, 2.75) is 44.1 Å². The summed E-state index contributed by atoms with van der Waals surface area (Å²) in [6.07, 6.45) is 1.77. The first-order valence-corrected chi connectivity index (χ1v) is 10.7. The molecule has 4 rings (SSSR count). The summed E-state index contributed by atoms with van der Waals surface area (Å²) in [6.45, 7) is 4.86. The molecule has 140 valence electrons. The van der Waals surface area contributed by atoms with Crippen LogP contribution in [-0.2, 0) is 17.8 Å². The van der Waals surface area contributed by atoms with Gasteiger partial charge in [-0.15, -0.1) is 11.3 Å². The van der Waals surface area contributed by atoms with E-state index in [0.29, 0.717) is 23.1 Å². The van der Waals surface area contributed by atoms with E-state index >= 15 is 0 Å². The van der Waals surface area contributed by atoms with E-state index in [1.165, 1.54) is 22.2 Å². The van der Waals surface area contributed by atoms with Crippen LogP contribution in [0.3, 0.4) is 0 Å². The number of nitrogens with zero attached hydrogens (tertiary/aromatic N) is 2. The predicted octanol–water partition coefficient (Wildman–Crippen LogP) is 4.49. The molecule has 0 fully saturated rings. The van der Waals surface area contributed by atoms with Crippen LogP contribution >= 0.6 is 23.1 Å². The molecule has 0 saturated heterocycles. The normalized spacial score (nSPS) is 19.2. The Morgan fingerprint density at radius 1 is 1.33 bits per heavy atom. The highest BCUT2D eigenvalue weighted by Gasteiger charge is 2.33. The summed E-state index contributed by atoms with van der Waals surface area (Å²) >= 11 is 2.94. The maximum absolute atomic E-state index is 12.3. The lowest BCUT2D eigenvalue weighted by Gasteiger charge is -2.33. The molecule has 3 aromatic rings. The average molecular weight is 400 g/mol. The number of rotatable bonds is 5. The van der Waals surface area contributed by atoms with Crippen LogP contribution < -0.4 is 5.73 Å². The molecule has 1 aliphatic rings. The van der Waals surface area contributed by atoms with Crippen LogP contribution in [0.15, 0.2) is 35.5 Å². The highest BCUT2D eigenvalue weighted by atomic mass is 32.2. The summed E-state index contributed by atoms with van der Waals surface area (Å²) < 4.78 is 6.04. The van der Waals surface area contributed by atoms with Gasteiger partial charge in [-0.25, -0.2) is 9.97 Å². The van der Waals surface area contributed by atoms with Crippen molar-refractivity contribution in [2.75, 3.05) is 11.5 Å². The van der Waals surface area contributed by atoms with Crippen LogP contribution in [0, 0.1) is 0 Å². The van der Waals surface area contributed by atoms with Gasteiger partial charge < -0.3 is 10.5 Å². The second-order valence-corrected chi connectivity index (χ2v) is 8.95. The third kappa shape index (κ3) is 3.59. The molecule has 0 spiro atoms. The van der Waals surface area contributed by atoms with Crippen molar-refractivity contribution in [3.63, 3.8) is 0 Å². The molecule has 0 aliphatic carbocycles.